The molecule has 0 aromatic heterocycles. The molecule has 4 aromatic carbocycles. The van der Waals surface area contributed by atoms with E-state index in [1.165, 1.54) is 71.4 Å². The van der Waals surface area contributed by atoms with E-state index in [4.69, 9.17) is 0 Å². The summed E-state index contributed by atoms with van der Waals surface area (Å²) in [5.74, 6) is -0.0246. The standard InChI is InChI=1S/C48H50N4O4/c1-30-7-16-43(45(54)49-30)52-46(55)41-26-34-28-51(29-35(34)27-42(41)47(52)56)37-17-19-48(20-18-37)21-23-50(24-22-48)36-11-8-32(9-12-36)44-39(31-5-3-2-4-6-31)14-10-33-25-38(53)13-15-40(33)44/h2-6,8-9,11-13,15,25-27,37,39,43-44,53H,1,7,10,14,16-24,28-29H2,(H,49,54). The molecule has 4 heterocycles. The van der Waals surface area contributed by atoms with Gasteiger partial charge in [-0.1, -0.05) is 55.1 Å². The number of amides is 3. The van der Waals surface area contributed by atoms with Gasteiger partial charge in [0.15, 0.2) is 0 Å². The fourth-order valence-electron chi connectivity index (χ4n) is 11.2. The SMILES string of the molecule is C=C1CCC(N2C(=O)c3cc4c(cc3C2=O)CN(C2CCC3(CC2)CCN(c2ccc(C5c6ccc(O)cc6CCC5c5ccccc5)cc2)CC3)C4)C(=O)N1. The number of imide groups is 1. The molecule has 8 nitrogen and oxygen atoms in total. The lowest BCUT2D eigenvalue weighted by molar-refractivity contribution is -0.125. The molecular formula is C48H50N4O4. The lowest BCUT2D eigenvalue weighted by Crippen LogP contribution is -2.51. The maximum absolute atomic E-state index is 13.5. The summed E-state index contributed by atoms with van der Waals surface area (Å²) in [6.45, 7) is 7.60. The van der Waals surface area contributed by atoms with Crippen LogP contribution in [0.25, 0.3) is 0 Å². The highest BCUT2D eigenvalue weighted by molar-refractivity contribution is 6.23. The number of phenols is 1. The van der Waals surface area contributed by atoms with Crippen molar-refractivity contribution in [3.63, 3.8) is 0 Å². The molecule has 10 rings (SSSR count). The van der Waals surface area contributed by atoms with Crippen LogP contribution in [0.3, 0.4) is 0 Å². The number of nitrogens with zero attached hydrogens (tertiary/aromatic N) is 3. The van der Waals surface area contributed by atoms with Gasteiger partial charge in [0, 0.05) is 49.5 Å². The number of allylic oxidation sites excluding steroid dienone is 1. The quantitative estimate of drug-likeness (QED) is 0.200. The van der Waals surface area contributed by atoms with Crippen LogP contribution in [0.15, 0.2) is 97.2 Å². The van der Waals surface area contributed by atoms with E-state index in [0.717, 1.165) is 50.1 Å². The predicted octanol–water partition coefficient (Wildman–Crippen LogP) is 8.19. The number of aryl methyl sites for hydroxylation is 1. The molecule has 4 aromatic rings. The van der Waals surface area contributed by atoms with E-state index in [0.29, 0.717) is 52.8 Å². The second-order valence-electron chi connectivity index (χ2n) is 17.4. The number of rotatable bonds is 5. The molecule has 0 radical (unpaired) electrons. The Kier molecular flexibility index (Phi) is 8.66. The van der Waals surface area contributed by atoms with Gasteiger partial charge in [0.1, 0.15) is 11.8 Å². The molecule has 2 N–H and O–H groups in total. The molecule has 3 fully saturated rings. The first-order valence-corrected chi connectivity index (χ1v) is 20.7. The van der Waals surface area contributed by atoms with Gasteiger partial charge in [0.05, 0.1) is 11.1 Å². The summed E-state index contributed by atoms with van der Waals surface area (Å²) in [7, 11) is 0. The molecular weight excluding hydrogens is 697 g/mol. The lowest BCUT2D eigenvalue weighted by atomic mass is 9.66. The van der Waals surface area contributed by atoms with Gasteiger partial charge >= 0.3 is 0 Å². The third-order valence-electron chi connectivity index (χ3n) is 14.4. The predicted molar refractivity (Wildman–Crippen MR) is 217 cm³/mol. The fourth-order valence-corrected chi connectivity index (χ4v) is 11.2. The molecule has 56 heavy (non-hydrogen) atoms. The molecule has 3 amide bonds. The van der Waals surface area contributed by atoms with Gasteiger partial charge in [-0.2, -0.15) is 0 Å². The van der Waals surface area contributed by atoms with E-state index >= 15 is 0 Å². The first-order valence-electron chi connectivity index (χ1n) is 20.7. The zero-order valence-electron chi connectivity index (χ0n) is 32.0. The second-order valence-corrected chi connectivity index (χ2v) is 17.4. The molecule has 1 saturated carbocycles. The second kappa shape index (κ2) is 13.8. The molecule has 286 valence electrons. The number of phenolic OH excluding ortho intramolecular Hbond substituents is 1. The number of carbonyl (C=O) groups excluding carboxylic acids is 3. The molecule has 8 heteroatoms. The number of anilines is 1. The Labute approximate surface area is 329 Å². The molecule has 1 spiro atoms. The molecule has 0 bridgehead atoms. The highest BCUT2D eigenvalue weighted by Crippen LogP contribution is 2.49. The van der Waals surface area contributed by atoms with E-state index in [2.05, 4.69) is 82.4 Å². The average molecular weight is 747 g/mol. The Balaban J connectivity index is 0.764. The summed E-state index contributed by atoms with van der Waals surface area (Å²) in [4.78, 5) is 45.9. The van der Waals surface area contributed by atoms with Gasteiger partial charge in [-0.25, -0.2) is 0 Å². The average Bonchev–Trinajstić information content (AvgIpc) is 3.74. The topological polar surface area (TPSA) is 93.2 Å². The number of aromatic hydroxyl groups is 1. The zero-order valence-corrected chi connectivity index (χ0v) is 32.0. The monoisotopic (exact) mass is 746 g/mol. The number of piperidine rings is 2. The minimum Gasteiger partial charge on any atom is -0.508 e. The first-order chi connectivity index (χ1) is 27.2. The van der Waals surface area contributed by atoms with Crippen molar-refractivity contribution in [1.82, 2.24) is 15.1 Å². The Morgan fingerprint density at radius 2 is 1.38 bits per heavy atom. The third-order valence-corrected chi connectivity index (χ3v) is 14.4. The van der Waals surface area contributed by atoms with Crippen molar-refractivity contribution >= 4 is 23.4 Å². The van der Waals surface area contributed by atoms with Crippen LogP contribution in [0.4, 0.5) is 5.69 Å². The van der Waals surface area contributed by atoms with Gasteiger partial charge in [-0.15, -0.1) is 0 Å². The van der Waals surface area contributed by atoms with Crippen molar-refractivity contribution in [3.8, 4) is 5.75 Å². The summed E-state index contributed by atoms with van der Waals surface area (Å²) in [6, 6.07) is 29.8. The van der Waals surface area contributed by atoms with Crippen LogP contribution >= 0.6 is 0 Å². The summed E-state index contributed by atoms with van der Waals surface area (Å²) >= 11 is 0. The highest BCUT2D eigenvalue weighted by Gasteiger charge is 2.46. The van der Waals surface area contributed by atoms with Gasteiger partial charge < -0.3 is 15.3 Å². The minimum atomic E-state index is -0.780. The molecule has 2 saturated heterocycles. The van der Waals surface area contributed by atoms with Crippen LogP contribution in [-0.2, 0) is 24.3 Å². The number of nitrogens with one attached hydrogen (secondary N) is 1. The van der Waals surface area contributed by atoms with Crippen LogP contribution in [-0.4, -0.2) is 57.8 Å². The van der Waals surface area contributed by atoms with Crippen molar-refractivity contribution in [2.45, 2.75) is 101 Å². The van der Waals surface area contributed by atoms with E-state index in [1.807, 2.05) is 24.3 Å². The molecule has 6 aliphatic rings. The van der Waals surface area contributed by atoms with Crippen molar-refractivity contribution in [3.05, 3.63) is 142 Å². The summed E-state index contributed by atoms with van der Waals surface area (Å²) in [5.41, 5.74) is 10.8. The lowest BCUT2D eigenvalue weighted by Gasteiger charge is -2.48. The maximum Gasteiger partial charge on any atom is 0.262 e. The van der Waals surface area contributed by atoms with Crippen LogP contribution < -0.4 is 10.2 Å². The van der Waals surface area contributed by atoms with Crippen molar-refractivity contribution in [2.24, 2.45) is 5.41 Å². The first kappa shape index (κ1) is 35.2. The highest BCUT2D eigenvalue weighted by atomic mass is 16.3. The number of carbonyl (C=O) groups is 3. The van der Waals surface area contributed by atoms with Crippen LogP contribution in [0.2, 0.25) is 0 Å². The molecule has 3 atom stereocenters. The largest absolute Gasteiger partial charge is 0.508 e. The normalized spacial score (nSPS) is 25.0. The molecule has 2 aliphatic carbocycles. The van der Waals surface area contributed by atoms with Gasteiger partial charge in [-0.05, 0) is 145 Å². The number of hydrogen-bond donors (Lipinski definition) is 2. The van der Waals surface area contributed by atoms with Crippen LogP contribution in [0.5, 0.6) is 5.75 Å². The van der Waals surface area contributed by atoms with Crippen molar-refractivity contribution in [1.29, 1.82) is 0 Å². The molecule has 3 unspecified atom stereocenters. The van der Waals surface area contributed by atoms with E-state index in [9.17, 15) is 19.5 Å². The van der Waals surface area contributed by atoms with Crippen molar-refractivity contribution < 1.29 is 19.5 Å². The van der Waals surface area contributed by atoms with Crippen LogP contribution in [0.1, 0.15) is 124 Å². The van der Waals surface area contributed by atoms with Crippen LogP contribution in [0, 0.1) is 5.41 Å². The fraction of sp³-hybridized carbons (Fsp3) is 0.396. The van der Waals surface area contributed by atoms with E-state index < -0.39 is 6.04 Å². The number of fused-ring (bicyclic) bond motifs is 3. The van der Waals surface area contributed by atoms with Gasteiger partial charge in [0.2, 0.25) is 5.91 Å². The Hall–Kier alpha value is -5.21. The van der Waals surface area contributed by atoms with E-state index in [-0.39, 0.29) is 23.6 Å². The Morgan fingerprint density at radius 1 is 0.696 bits per heavy atom. The minimum absolute atomic E-state index is 0.257. The Bertz CT molecular complexity index is 2190. The molecule has 4 aliphatic heterocycles. The third kappa shape index (κ3) is 6.04. The number of hydrogen-bond acceptors (Lipinski definition) is 6. The maximum atomic E-state index is 13.5. The summed E-state index contributed by atoms with van der Waals surface area (Å²) < 4.78 is 0. The van der Waals surface area contributed by atoms with E-state index in [1.54, 1.807) is 0 Å². The van der Waals surface area contributed by atoms with Gasteiger partial charge in [0.25, 0.3) is 11.8 Å². The smallest absolute Gasteiger partial charge is 0.262 e. The van der Waals surface area contributed by atoms with Gasteiger partial charge in [-0.3, -0.25) is 24.2 Å². The number of benzene rings is 4. The summed E-state index contributed by atoms with van der Waals surface area (Å²) in [6.07, 6.45) is 10.3. The van der Waals surface area contributed by atoms with Crippen molar-refractivity contribution in [2.75, 3.05) is 18.0 Å². The zero-order chi connectivity index (χ0) is 38.1. The Morgan fingerprint density at radius 3 is 2.04 bits per heavy atom. The summed E-state index contributed by atoms with van der Waals surface area (Å²) in [5, 5.41) is 13.0.